The second-order valence-corrected chi connectivity index (χ2v) is 2.47. The molecule has 1 amide bonds. The van der Waals surface area contributed by atoms with E-state index in [9.17, 15) is 9.59 Å². The zero-order valence-corrected chi connectivity index (χ0v) is 6.16. The molecular weight excluding hydrogens is 154 g/mol. The van der Waals surface area contributed by atoms with Gasteiger partial charge in [-0.15, -0.1) is 0 Å². The molecule has 0 bridgehead atoms. The maximum absolute atomic E-state index is 10.8. The van der Waals surface area contributed by atoms with Gasteiger partial charge in [-0.25, -0.2) is 0 Å². The summed E-state index contributed by atoms with van der Waals surface area (Å²) in [6.07, 6.45) is -0.0813. The van der Waals surface area contributed by atoms with Crippen LogP contribution in [0.15, 0.2) is 10.7 Å². The third kappa shape index (κ3) is 1.19. The smallest absolute Gasteiger partial charge is 0.232 e. The van der Waals surface area contributed by atoms with E-state index in [4.69, 9.17) is 11.6 Å². The monoisotopic (exact) mass is 159 g/mol. The lowest BCUT2D eigenvalue weighted by atomic mass is 10.1. The van der Waals surface area contributed by atoms with E-state index in [1.165, 1.54) is 0 Å². The summed E-state index contributed by atoms with van der Waals surface area (Å²) in [5.41, 5.74) is 0.432. The Morgan fingerprint density at radius 3 is 2.60 bits per heavy atom. The molecule has 0 aromatic rings. The Hall–Kier alpha value is -0.830. The highest BCUT2D eigenvalue weighted by Crippen LogP contribution is 2.13. The van der Waals surface area contributed by atoms with Crippen molar-refractivity contribution in [2.45, 2.75) is 13.3 Å². The first-order valence-electron chi connectivity index (χ1n) is 2.80. The van der Waals surface area contributed by atoms with Crippen LogP contribution in [0.25, 0.3) is 0 Å². The molecule has 1 N–H and O–H groups in total. The minimum Gasteiger partial charge on any atom is -0.316 e. The van der Waals surface area contributed by atoms with Gasteiger partial charge in [0.05, 0.1) is 6.42 Å². The first-order chi connectivity index (χ1) is 4.61. The van der Waals surface area contributed by atoms with Crippen LogP contribution in [-0.4, -0.2) is 11.7 Å². The van der Waals surface area contributed by atoms with Crippen molar-refractivity contribution >= 4 is 23.3 Å². The molecule has 0 spiro atoms. The highest BCUT2D eigenvalue weighted by molar-refractivity contribution is 6.34. The van der Waals surface area contributed by atoms with Gasteiger partial charge in [-0.05, 0) is 6.92 Å². The number of hydrogen-bond acceptors (Lipinski definition) is 2. The molecule has 0 saturated heterocycles. The van der Waals surface area contributed by atoms with E-state index in [0.29, 0.717) is 5.57 Å². The largest absolute Gasteiger partial charge is 0.316 e. The Morgan fingerprint density at radius 2 is 2.10 bits per heavy atom. The van der Waals surface area contributed by atoms with Crippen molar-refractivity contribution in [1.29, 1.82) is 0 Å². The highest BCUT2D eigenvalue weighted by Gasteiger charge is 2.20. The number of hydrogen-bond donors (Lipinski definition) is 1. The van der Waals surface area contributed by atoms with Crippen LogP contribution in [0.3, 0.4) is 0 Å². The van der Waals surface area contributed by atoms with Crippen LogP contribution >= 0.6 is 11.6 Å². The molecule has 0 fully saturated rings. The van der Waals surface area contributed by atoms with Crippen LogP contribution in [0.2, 0.25) is 0 Å². The van der Waals surface area contributed by atoms with E-state index < -0.39 is 0 Å². The third-order valence-corrected chi connectivity index (χ3v) is 1.70. The lowest BCUT2D eigenvalue weighted by Crippen LogP contribution is -2.30. The molecule has 4 heteroatoms. The molecule has 3 nitrogen and oxygen atoms in total. The maximum Gasteiger partial charge on any atom is 0.232 e. The van der Waals surface area contributed by atoms with Crippen molar-refractivity contribution in [2.75, 3.05) is 0 Å². The Morgan fingerprint density at radius 1 is 1.50 bits per heavy atom. The molecule has 1 aliphatic rings. The number of halogens is 1. The number of Topliss-reactive ketones (excluding diaryl/α,β-unsaturated/α-hetero) is 1. The second kappa shape index (κ2) is 2.42. The Balaban J connectivity index is 2.95. The summed E-state index contributed by atoms with van der Waals surface area (Å²) >= 11 is 5.48. The summed E-state index contributed by atoms with van der Waals surface area (Å²) < 4.78 is 0. The average molecular weight is 160 g/mol. The van der Waals surface area contributed by atoms with Crippen LogP contribution in [0, 0.1) is 0 Å². The van der Waals surface area contributed by atoms with Crippen molar-refractivity contribution in [3.8, 4) is 0 Å². The molecule has 0 aromatic heterocycles. The molecule has 10 heavy (non-hydrogen) atoms. The lowest BCUT2D eigenvalue weighted by molar-refractivity contribution is -0.126. The van der Waals surface area contributed by atoms with E-state index in [1.807, 2.05) is 0 Å². The minimum atomic E-state index is -0.333. The van der Waals surface area contributed by atoms with Crippen LogP contribution in [0.5, 0.6) is 0 Å². The fraction of sp³-hybridized carbons (Fsp3) is 0.333. The van der Waals surface area contributed by atoms with Gasteiger partial charge in [-0.1, -0.05) is 11.6 Å². The first kappa shape index (κ1) is 7.28. The predicted molar refractivity (Wildman–Crippen MR) is 36.3 cm³/mol. The molecule has 1 heterocycles. The summed E-state index contributed by atoms with van der Waals surface area (Å²) in [5, 5.41) is 2.50. The molecule has 0 aliphatic carbocycles. The topological polar surface area (TPSA) is 46.2 Å². The standard InChI is InChI=1S/C6H6ClNO2/c1-3-4(9)2-5(10)8-6(3)7/h2H2,1H3,(H,8,10). The van der Waals surface area contributed by atoms with E-state index >= 15 is 0 Å². The average Bonchev–Trinajstić information content (AvgIpc) is 1.82. The van der Waals surface area contributed by atoms with Gasteiger partial charge in [-0.3, -0.25) is 9.59 Å². The molecule has 0 unspecified atom stereocenters. The molecular formula is C6H6ClNO2. The third-order valence-electron chi connectivity index (χ3n) is 1.32. The van der Waals surface area contributed by atoms with Crippen LogP contribution < -0.4 is 5.32 Å². The number of carbonyl (C=O) groups is 2. The van der Waals surface area contributed by atoms with Gasteiger partial charge in [0, 0.05) is 5.57 Å². The zero-order chi connectivity index (χ0) is 7.72. The Kier molecular flexibility index (Phi) is 1.76. The van der Waals surface area contributed by atoms with Crippen molar-refractivity contribution in [3.63, 3.8) is 0 Å². The van der Waals surface area contributed by atoms with E-state index in [0.717, 1.165) is 0 Å². The van der Waals surface area contributed by atoms with Crippen molar-refractivity contribution < 1.29 is 9.59 Å². The van der Waals surface area contributed by atoms with Gasteiger partial charge in [0.25, 0.3) is 0 Å². The van der Waals surface area contributed by atoms with Crippen molar-refractivity contribution in [1.82, 2.24) is 5.32 Å². The van der Waals surface area contributed by atoms with Gasteiger partial charge in [-0.2, -0.15) is 0 Å². The minimum absolute atomic E-state index is 0.0813. The SMILES string of the molecule is CC1=C(Cl)NC(=O)CC1=O. The number of rotatable bonds is 0. The van der Waals surface area contributed by atoms with Crippen LogP contribution in [0.4, 0.5) is 0 Å². The quantitative estimate of drug-likeness (QED) is 0.414. The summed E-state index contributed by atoms with van der Waals surface area (Å²) in [4.78, 5) is 21.4. The van der Waals surface area contributed by atoms with Crippen molar-refractivity contribution in [3.05, 3.63) is 10.7 Å². The summed E-state index contributed by atoms with van der Waals surface area (Å²) in [6, 6.07) is 0. The molecule has 0 atom stereocenters. The highest BCUT2D eigenvalue weighted by atomic mass is 35.5. The fourth-order valence-electron chi connectivity index (χ4n) is 0.661. The van der Waals surface area contributed by atoms with Gasteiger partial charge in [0.1, 0.15) is 5.16 Å². The van der Waals surface area contributed by atoms with Gasteiger partial charge in [0.2, 0.25) is 5.91 Å². The number of nitrogens with one attached hydrogen (secondary N) is 1. The molecule has 1 rings (SSSR count). The normalized spacial score (nSPS) is 19.4. The van der Waals surface area contributed by atoms with Gasteiger partial charge in [0.15, 0.2) is 5.78 Å². The second-order valence-electron chi connectivity index (χ2n) is 2.09. The Bertz CT molecular complexity index is 232. The maximum atomic E-state index is 10.8. The molecule has 1 aliphatic heterocycles. The molecule has 0 aromatic carbocycles. The summed E-state index contributed by atoms with van der Waals surface area (Å²) in [5.74, 6) is -0.533. The summed E-state index contributed by atoms with van der Waals surface area (Å²) in [6.45, 7) is 1.59. The van der Waals surface area contributed by atoms with Gasteiger partial charge >= 0.3 is 0 Å². The Labute approximate surface area is 63.0 Å². The van der Waals surface area contributed by atoms with Crippen LogP contribution in [0.1, 0.15) is 13.3 Å². The number of amides is 1. The van der Waals surface area contributed by atoms with Crippen LogP contribution in [-0.2, 0) is 9.59 Å². The first-order valence-corrected chi connectivity index (χ1v) is 3.18. The van der Waals surface area contributed by atoms with E-state index in [-0.39, 0.29) is 23.3 Å². The number of carbonyl (C=O) groups excluding carboxylic acids is 2. The summed E-state index contributed by atoms with van der Waals surface area (Å²) in [7, 11) is 0. The van der Waals surface area contributed by atoms with E-state index in [1.54, 1.807) is 6.92 Å². The predicted octanol–water partition coefficient (Wildman–Crippen LogP) is 0.546. The number of ketones is 1. The van der Waals surface area contributed by atoms with Gasteiger partial charge < -0.3 is 5.32 Å². The molecule has 0 radical (unpaired) electrons. The zero-order valence-electron chi connectivity index (χ0n) is 5.40. The van der Waals surface area contributed by atoms with E-state index in [2.05, 4.69) is 5.32 Å². The lowest BCUT2D eigenvalue weighted by Gasteiger charge is -2.11. The number of allylic oxidation sites excluding steroid dienone is 1. The van der Waals surface area contributed by atoms with Crippen molar-refractivity contribution in [2.24, 2.45) is 0 Å². The fourth-order valence-corrected chi connectivity index (χ4v) is 0.872. The molecule has 54 valence electrons. The molecule has 0 saturated carbocycles.